The number of aromatic nitrogens is 2. The average molecular weight is 395 g/mol. The summed E-state index contributed by atoms with van der Waals surface area (Å²) in [5.74, 6) is -1.43. The first-order valence-corrected chi connectivity index (χ1v) is 9.16. The predicted octanol–water partition coefficient (Wildman–Crippen LogP) is 3.73. The summed E-state index contributed by atoms with van der Waals surface area (Å²) in [4.78, 5) is 26.2. The number of rotatable bonds is 6. The van der Waals surface area contributed by atoms with Crippen LogP contribution in [0.1, 0.15) is 28.5 Å². The van der Waals surface area contributed by atoms with Crippen LogP contribution in [0.3, 0.4) is 0 Å². The second kappa shape index (κ2) is 8.68. The molecule has 150 valence electrons. The Bertz CT molecular complexity index is 1010. The minimum absolute atomic E-state index is 0.160. The van der Waals surface area contributed by atoms with Gasteiger partial charge in [0, 0.05) is 19.2 Å². The maximum atomic E-state index is 13.3. The van der Waals surface area contributed by atoms with Crippen molar-refractivity contribution >= 4 is 11.9 Å². The molecule has 7 heteroatoms. The van der Waals surface area contributed by atoms with Crippen molar-refractivity contribution in [2.24, 2.45) is 0 Å². The SMILES string of the molecule is Cc1ccc(-c2cc(C(=O)OC(C)C(=O)N(C)Cc3cccc(F)c3)[nH]n2)cc1. The maximum Gasteiger partial charge on any atom is 0.357 e. The Kier molecular flexibility index (Phi) is 6.07. The molecule has 3 rings (SSSR count). The molecular weight excluding hydrogens is 373 g/mol. The van der Waals surface area contributed by atoms with Gasteiger partial charge in [-0.3, -0.25) is 9.89 Å². The Balaban J connectivity index is 1.61. The van der Waals surface area contributed by atoms with Crippen molar-refractivity contribution in [1.29, 1.82) is 0 Å². The predicted molar refractivity (Wildman–Crippen MR) is 107 cm³/mol. The number of halogens is 1. The van der Waals surface area contributed by atoms with E-state index in [1.807, 2.05) is 31.2 Å². The van der Waals surface area contributed by atoms with Gasteiger partial charge in [-0.1, -0.05) is 42.0 Å². The molecule has 1 atom stereocenters. The largest absolute Gasteiger partial charge is 0.448 e. The number of likely N-dealkylation sites (N-methyl/N-ethyl adjacent to an activating group) is 1. The Morgan fingerprint density at radius 3 is 2.59 bits per heavy atom. The van der Waals surface area contributed by atoms with Crippen LogP contribution < -0.4 is 0 Å². The lowest BCUT2D eigenvalue weighted by molar-refractivity contribution is -0.139. The number of amides is 1. The van der Waals surface area contributed by atoms with Gasteiger partial charge in [0.15, 0.2) is 6.10 Å². The molecule has 3 aromatic rings. The van der Waals surface area contributed by atoms with E-state index in [9.17, 15) is 14.0 Å². The molecule has 0 aliphatic heterocycles. The molecule has 1 unspecified atom stereocenters. The molecule has 0 aliphatic carbocycles. The minimum atomic E-state index is -0.993. The van der Waals surface area contributed by atoms with E-state index in [-0.39, 0.29) is 24.0 Å². The number of H-pyrrole nitrogens is 1. The average Bonchev–Trinajstić information content (AvgIpc) is 3.18. The van der Waals surface area contributed by atoms with Crippen molar-refractivity contribution in [2.45, 2.75) is 26.5 Å². The Morgan fingerprint density at radius 2 is 1.90 bits per heavy atom. The van der Waals surface area contributed by atoms with E-state index in [1.54, 1.807) is 25.2 Å². The first kappa shape index (κ1) is 20.3. The van der Waals surface area contributed by atoms with Crippen molar-refractivity contribution in [3.8, 4) is 11.3 Å². The fourth-order valence-corrected chi connectivity index (χ4v) is 2.87. The van der Waals surface area contributed by atoms with Gasteiger partial charge >= 0.3 is 5.97 Å². The molecular formula is C22H22FN3O3. The summed E-state index contributed by atoms with van der Waals surface area (Å²) in [6.07, 6.45) is -0.993. The van der Waals surface area contributed by atoms with Crippen molar-refractivity contribution in [3.63, 3.8) is 0 Å². The third-order valence-electron chi connectivity index (χ3n) is 4.46. The van der Waals surface area contributed by atoms with E-state index in [0.29, 0.717) is 11.3 Å². The molecule has 0 bridgehead atoms. The molecule has 0 aliphatic rings. The van der Waals surface area contributed by atoms with Crippen LogP contribution in [0.15, 0.2) is 54.6 Å². The van der Waals surface area contributed by atoms with Gasteiger partial charge < -0.3 is 9.64 Å². The molecule has 1 N–H and O–H groups in total. The van der Waals surface area contributed by atoms with Crippen LogP contribution >= 0.6 is 0 Å². The van der Waals surface area contributed by atoms with Gasteiger partial charge in [-0.05, 0) is 37.6 Å². The van der Waals surface area contributed by atoms with Crippen LogP contribution in [0.4, 0.5) is 4.39 Å². The monoisotopic (exact) mass is 395 g/mol. The molecule has 1 aromatic heterocycles. The Morgan fingerprint density at radius 1 is 1.17 bits per heavy atom. The van der Waals surface area contributed by atoms with Crippen molar-refractivity contribution < 1.29 is 18.7 Å². The van der Waals surface area contributed by atoms with E-state index in [1.165, 1.54) is 24.0 Å². The van der Waals surface area contributed by atoms with E-state index in [0.717, 1.165) is 11.1 Å². The quantitative estimate of drug-likeness (QED) is 0.646. The zero-order chi connectivity index (χ0) is 21.0. The normalized spacial score (nSPS) is 11.7. The summed E-state index contributed by atoms with van der Waals surface area (Å²) in [7, 11) is 1.57. The first-order valence-electron chi connectivity index (χ1n) is 9.16. The van der Waals surface area contributed by atoms with Gasteiger partial charge in [-0.25, -0.2) is 9.18 Å². The number of nitrogens with zero attached hydrogens (tertiary/aromatic N) is 2. The lowest BCUT2D eigenvalue weighted by atomic mass is 10.1. The number of carbonyl (C=O) groups is 2. The van der Waals surface area contributed by atoms with Crippen LogP contribution in [0.2, 0.25) is 0 Å². The Hall–Kier alpha value is -3.48. The fraction of sp³-hybridized carbons (Fsp3) is 0.227. The smallest absolute Gasteiger partial charge is 0.357 e. The van der Waals surface area contributed by atoms with Crippen molar-refractivity contribution in [2.75, 3.05) is 7.05 Å². The third-order valence-corrected chi connectivity index (χ3v) is 4.46. The maximum absolute atomic E-state index is 13.3. The van der Waals surface area contributed by atoms with E-state index < -0.39 is 12.1 Å². The molecule has 0 spiro atoms. The summed E-state index contributed by atoms with van der Waals surface area (Å²) in [6.45, 7) is 3.69. The van der Waals surface area contributed by atoms with Crippen molar-refractivity contribution in [3.05, 3.63) is 77.2 Å². The summed E-state index contributed by atoms with van der Waals surface area (Å²) in [6, 6.07) is 15.3. The summed E-state index contributed by atoms with van der Waals surface area (Å²) >= 11 is 0. The van der Waals surface area contributed by atoms with E-state index >= 15 is 0 Å². The summed E-state index contributed by atoms with van der Waals surface area (Å²) < 4.78 is 18.6. The summed E-state index contributed by atoms with van der Waals surface area (Å²) in [5.41, 5.74) is 3.41. The molecule has 0 saturated carbocycles. The van der Waals surface area contributed by atoms with Crippen LogP contribution in [0.5, 0.6) is 0 Å². The zero-order valence-corrected chi connectivity index (χ0v) is 16.5. The number of benzene rings is 2. The highest BCUT2D eigenvalue weighted by atomic mass is 19.1. The summed E-state index contributed by atoms with van der Waals surface area (Å²) in [5, 5.41) is 6.78. The van der Waals surface area contributed by atoms with E-state index in [2.05, 4.69) is 10.2 Å². The number of nitrogens with one attached hydrogen (secondary N) is 1. The number of aryl methyl sites for hydroxylation is 1. The molecule has 0 saturated heterocycles. The molecule has 2 aromatic carbocycles. The van der Waals surface area contributed by atoms with Crippen molar-refractivity contribution in [1.82, 2.24) is 15.1 Å². The van der Waals surface area contributed by atoms with Gasteiger partial charge in [-0.2, -0.15) is 5.10 Å². The first-order chi connectivity index (χ1) is 13.8. The molecule has 1 heterocycles. The van der Waals surface area contributed by atoms with Gasteiger partial charge in [-0.15, -0.1) is 0 Å². The number of hydrogen-bond donors (Lipinski definition) is 1. The zero-order valence-electron chi connectivity index (χ0n) is 16.5. The van der Waals surface area contributed by atoms with Gasteiger partial charge in [0.2, 0.25) is 0 Å². The lowest BCUT2D eigenvalue weighted by Crippen LogP contribution is -2.37. The second-order valence-electron chi connectivity index (χ2n) is 6.90. The van der Waals surface area contributed by atoms with Crippen LogP contribution in [0.25, 0.3) is 11.3 Å². The third kappa shape index (κ3) is 5.07. The van der Waals surface area contributed by atoms with Gasteiger partial charge in [0.25, 0.3) is 5.91 Å². The van der Waals surface area contributed by atoms with E-state index in [4.69, 9.17) is 4.74 Å². The molecule has 0 fully saturated rings. The molecule has 0 radical (unpaired) electrons. The number of aromatic amines is 1. The Labute approximate surface area is 168 Å². The highest BCUT2D eigenvalue weighted by molar-refractivity contribution is 5.91. The highest BCUT2D eigenvalue weighted by Gasteiger charge is 2.23. The minimum Gasteiger partial charge on any atom is -0.448 e. The number of hydrogen-bond acceptors (Lipinski definition) is 4. The van der Waals surface area contributed by atoms with Crippen LogP contribution in [-0.4, -0.2) is 40.1 Å². The van der Waals surface area contributed by atoms with Gasteiger partial charge in [0.1, 0.15) is 11.5 Å². The van der Waals surface area contributed by atoms with Gasteiger partial charge in [0.05, 0.1) is 5.69 Å². The number of esters is 1. The molecule has 6 nitrogen and oxygen atoms in total. The topological polar surface area (TPSA) is 75.3 Å². The van der Waals surface area contributed by atoms with Crippen LogP contribution in [-0.2, 0) is 16.1 Å². The number of ether oxygens (including phenoxy) is 1. The number of carbonyl (C=O) groups excluding carboxylic acids is 2. The standard InChI is InChI=1S/C22H22FN3O3/c1-14-7-9-17(10-8-14)19-12-20(25-24-19)22(28)29-15(2)21(27)26(3)13-16-5-4-6-18(23)11-16/h4-12,15H,13H2,1-3H3,(H,24,25). The second-order valence-corrected chi connectivity index (χ2v) is 6.90. The van der Waals surface area contributed by atoms with Crippen LogP contribution in [0, 0.1) is 12.7 Å². The highest BCUT2D eigenvalue weighted by Crippen LogP contribution is 2.19. The molecule has 29 heavy (non-hydrogen) atoms. The molecule has 1 amide bonds. The lowest BCUT2D eigenvalue weighted by Gasteiger charge is -2.21. The fourth-order valence-electron chi connectivity index (χ4n) is 2.87.